The number of piperidine rings is 1. The van der Waals surface area contributed by atoms with Crippen molar-refractivity contribution in [2.45, 2.75) is 18.9 Å². The minimum atomic E-state index is -3.15. The van der Waals surface area contributed by atoms with Gasteiger partial charge in [-0.05, 0) is 25.0 Å². The lowest BCUT2D eigenvalue weighted by Crippen LogP contribution is -2.45. The lowest BCUT2D eigenvalue weighted by atomic mass is 10.1. The Balaban J connectivity index is 1.80. The van der Waals surface area contributed by atoms with Crippen LogP contribution in [0.2, 0.25) is 5.02 Å². The largest absolute Gasteiger partial charge is 0.494 e. The van der Waals surface area contributed by atoms with Gasteiger partial charge in [-0.25, -0.2) is 17.7 Å². The molecule has 2 aromatic rings. The van der Waals surface area contributed by atoms with Crippen molar-refractivity contribution < 1.29 is 13.2 Å². The fourth-order valence-electron chi connectivity index (χ4n) is 2.93. The minimum absolute atomic E-state index is 0.0451. The summed E-state index contributed by atoms with van der Waals surface area (Å²) in [5.74, 6) is 0.712. The van der Waals surface area contributed by atoms with Gasteiger partial charge >= 0.3 is 0 Å². The molecule has 0 bridgehead atoms. The summed E-state index contributed by atoms with van der Waals surface area (Å²) in [6, 6.07) is 3.68. The van der Waals surface area contributed by atoms with Crippen LogP contribution in [0, 0.1) is 0 Å². The molecular weight excluding hydrogens is 370 g/mol. The van der Waals surface area contributed by atoms with Gasteiger partial charge in [-0.1, -0.05) is 22.9 Å². The second-order valence-corrected chi connectivity index (χ2v) is 9.35. The number of hydrogen-bond acceptors (Lipinski definition) is 6. The number of benzene rings is 1. The van der Waals surface area contributed by atoms with E-state index in [1.165, 1.54) is 10.6 Å². The zero-order chi connectivity index (χ0) is 17.5. The third kappa shape index (κ3) is 3.33. The van der Waals surface area contributed by atoms with Crippen molar-refractivity contribution in [1.29, 1.82) is 0 Å². The number of ether oxygens (including phenoxy) is 1. The van der Waals surface area contributed by atoms with E-state index in [0.717, 1.165) is 41.3 Å². The zero-order valence-electron chi connectivity index (χ0n) is 13.8. The Labute approximate surface area is 151 Å². The number of fused-ring (bicyclic) bond motifs is 1. The minimum Gasteiger partial charge on any atom is -0.494 e. The lowest BCUT2D eigenvalue weighted by Gasteiger charge is -2.35. The van der Waals surface area contributed by atoms with Crippen LogP contribution in [0.25, 0.3) is 10.2 Å². The number of sulfonamides is 1. The van der Waals surface area contributed by atoms with E-state index >= 15 is 0 Å². The van der Waals surface area contributed by atoms with Crippen LogP contribution in [-0.4, -0.2) is 57.3 Å². The molecule has 2 heterocycles. The monoisotopic (exact) mass is 389 g/mol. The number of anilines is 1. The van der Waals surface area contributed by atoms with Crippen molar-refractivity contribution in [2.24, 2.45) is 0 Å². The van der Waals surface area contributed by atoms with Crippen LogP contribution in [0.4, 0.5) is 5.13 Å². The van der Waals surface area contributed by atoms with Crippen molar-refractivity contribution in [1.82, 2.24) is 9.29 Å². The molecule has 1 saturated heterocycles. The van der Waals surface area contributed by atoms with Crippen LogP contribution in [0.15, 0.2) is 12.1 Å². The Morgan fingerprint density at radius 3 is 2.62 bits per heavy atom. The van der Waals surface area contributed by atoms with E-state index in [0.29, 0.717) is 10.8 Å². The molecule has 3 rings (SSSR count). The average Bonchev–Trinajstić information content (AvgIpc) is 3.00. The summed E-state index contributed by atoms with van der Waals surface area (Å²) in [6.07, 6.45) is 2.82. The van der Waals surface area contributed by atoms with Crippen molar-refractivity contribution >= 4 is 48.3 Å². The van der Waals surface area contributed by atoms with Crippen LogP contribution in [0.3, 0.4) is 0 Å². The zero-order valence-corrected chi connectivity index (χ0v) is 16.2. The van der Waals surface area contributed by atoms with Gasteiger partial charge in [0.25, 0.3) is 0 Å². The van der Waals surface area contributed by atoms with E-state index in [1.807, 2.05) is 12.1 Å². The van der Waals surface area contributed by atoms with Crippen LogP contribution in [-0.2, 0) is 10.0 Å². The molecule has 132 valence electrons. The summed E-state index contributed by atoms with van der Waals surface area (Å²) in [5, 5.41) is 1.57. The summed E-state index contributed by atoms with van der Waals surface area (Å²) in [5.41, 5.74) is 0.778. The molecule has 6 nitrogen and oxygen atoms in total. The molecule has 0 radical (unpaired) electrons. The van der Waals surface area contributed by atoms with Gasteiger partial charge in [0.1, 0.15) is 11.3 Å². The Morgan fingerprint density at radius 1 is 1.38 bits per heavy atom. The smallest absolute Gasteiger partial charge is 0.211 e. The first kappa shape index (κ1) is 17.7. The van der Waals surface area contributed by atoms with E-state index in [1.54, 1.807) is 25.5 Å². The molecule has 0 amide bonds. The quantitative estimate of drug-likeness (QED) is 0.804. The molecular formula is C15H20ClN3O3S2. The third-order valence-electron chi connectivity index (χ3n) is 4.44. The molecule has 1 aliphatic heterocycles. The first-order valence-electron chi connectivity index (χ1n) is 7.62. The molecule has 0 unspecified atom stereocenters. The summed E-state index contributed by atoms with van der Waals surface area (Å²) in [6.45, 7) is 1.54. The highest BCUT2D eigenvalue weighted by Gasteiger charge is 2.28. The molecule has 9 heteroatoms. The predicted molar refractivity (Wildman–Crippen MR) is 99.0 cm³/mol. The van der Waals surface area contributed by atoms with Gasteiger partial charge in [0.05, 0.1) is 23.1 Å². The summed E-state index contributed by atoms with van der Waals surface area (Å²) < 4.78 is 31.1. The standard InChI is InChI=1S/C15H20ClN3O3S2/c1-18(24(3,20)21)10-6-8-19(9-7-10)15-17-13-12(22-2)5-4-11(16)14(13)23-15/h4-5,10H,6-9H2,1-3H3. The first-order chi connectivity index (χ1) is 11.3. The topological polar surface area (TPSA) is 62.7 Å². The maximum atomic E-state index is 11.7. The fraction of sp³-hybridized carbons (Fsp3) is 0.533. The molecule has 0 N–H and O–H groups in total. The van der Waals surface area contributed by atoms with E-state index in [2.05, 4.69) is 9.88 Å². The molecule has 0 spiro atoms. The second-order valence-electron chi connectivity index (χ2n) is 5.92. The summed E-state index contributed by atoms with van der Waals surface area (Å²) >= 11 is 7.82. The Bertz CT molecular complexity index is 845. The van der Waals surface area contributed by atoms with Crippen molar-refractivity contribution in [3.8, 4) is 5.75 Å². The molecule has 0 atom stereocenters. The molecule has 1 fully saturated rings. The van der Waals surface area contributed by atoms with E-state index < -0.39 is 10.0 Å². The average molecular weight is 390 g/mol. The van der Waals surface area contributed by atoms with Gasteiger partial charge in [-0.3, -0.25) is 0 Å². The first-order valence-corrected chi connectivity index (χ1v) is 10.7. The van der Waals surface area contributed by atoms with Crippen LogP contribution in [0.5, 0.6) is 5.75 Å². The van der Waals surface area contributed by atoms with Crippen LogP contribution < -0.4 is 9.64 Å². The highest BCUT2D eigenvalue weighted by atomic mass is 35.5. The molecule has 0 aliphatic carbocycles. The summed E-state index contributed by atoms with van der Waals surface area (Å²) in [4.78, 5) is 6.88. The van der Waals surface area contributed by atoms with Crippen molar-refractivity contribution in [2.75, 3.05) is 38.4 Å². The summed E-state index contributed by atoms with van der Waals surface area (Å²) in [7, 11) is 0.118. The van der Waals surface area contributed by atoms with E-state index in [-0.39, 0.29) is 6.04 Å². The molecule has 1 aromatic carbocycles. The van der Waals surface area contributed by atoms with Gasteiger partial charge < -0.3 is 9.64 Å². The lowest BCUT2D eigenvalue weighted by molar-refractivity contribution is 0.314. The number of rotatable bonds is 4. The van der Waals surface area contributed by atoms with E-state index in [9.17, 15) is 8.42 Å². The third-order valence-corrected chi connectivity index (χ3v) is 7.36. The maximum absolute atomic E-state index is 11.7. The van der Waals surface area contributed by atoms with Crippen molar-refractivity contribution in [3.05, 3.63) is 17.2 Å². The number of methoxy groups -OCH3 is 1. The van der Waals surface area contributed by atoms with Crippen LogP contribution in [0.1, 0.15) is 12.8 Å². The Hall–Kier alpha value is -1.09. The van der Waals surface area contributed by atoms with Crippen molar-refractivity contribution in [3.63, 3.8) is 0 Å². The Kier molecular flexibility index (Phi) is 4.92. The SMILES string of the molecule is COc1ccc(Cl)c2sc(N3CCC(N(C)S(C)(=O)=O)CC3)nc12. The van der Waals surface area contributed by atoms with Crippen LogP contribution >= 0.6 is 22.9 Å². The fourth-order valence-corrected chi connectivity index (χ4v) is 4.99. The molecule has 1 aliphatic rings. The molecule has 0 saturated carbocycles. The van der Waals surface area contributed by atoms with Gasteiger partial charge in [0.2, 0.25) is 10.0 Å². The highest BCUT2D eigenvalue weighted by molar-refractivity contribution is 7.88. The van der Waals surface area contributed by atoms with Gasteiger partial charge in [0, 0.05) is 26.2 Å². The molecule has 1 aromatic heterocycles. The van der Waals surface area contributed by atoms with Gasteiger partial charge in [0.15, 0.2) is 5.13 Å². The molecule has 24 heavy (non-hydrogen) atoms. The highest BCUT2D eigenvalue weighted by Crippen LogP contribution is 2.39. The number of nitrogens with zero attached hydrogens (tertiary/aromatic N) is 3. The van der Waals surface area contributed by atoms with Gasteiger partial charge in [-0.2, -0.15) is 0 Å². The van der Waals surface area contributed by atoms with E-state index in [4.69, 9.17) is 16.3 Å². The number of hydrogen-bond donors (Lipinski definition) is 0. The normalized spacial score (nSPS) is 17.0. The number of halogens is 1. The number of thiazole rings is 1. The maximum Gasteiger partial charge on any atom is 0.211 e. The predicted octanol–water partition coefficient (Wildman–Crippen LogP) is 2.82. The van der Waals surface area contributed by atoms with Gasteiger partial charge in [-0.15, -0.1) is 0 Å². The Morgan fingerprint density at radius 2 is 2.04 bits per heavy atom. The number of aromatic nitrogens is 1. The second kappa shape index (κ2) is 6.67.